The fourth-order valence-electron chi connectivity index (χ4n) is 1.28. The number of rotatable bonds is 4. The lowest BCUT2D eigenvalue weighted by Gasteiger charge is -2.00. The smallest absolute Gasteiger partial charge is 0.188 e. The Kier molecular flexibility index (Phi) is 4.10. The minimum Gasteiger partial charge on any atom is -0.411 e. The van der Waals surface area contributed by atoms with E-state index < -0.39 is 0 Å². The second kappa shape index (κ2) is 6.00. The van der Waals surface area contributed by atoms with Crippen LogP contribution in [0.4, 0.5) is 0 Å². The van der Waals surface area contributed by atoms with Gasteiger partial charge in [0, 0.05) is 11.9 Å². The molecule has 1 N–H and O–H groups in total. The number of benzene rings is 1. The first kappa shape index (κ1) is 11.6. The predicted octanol–water partition coefficient (Wildman–Crippen LogP) is 2.58. The first-order valence-corrected chi connectivity index (χ1v) is 6.04. The molecule has 4 nitrogen and oxygen atoms in total. The third-order valence-corrected chi connectivity index (χ3v) is 2.99. The molecule has 0 spiro atoms. The van der Waals surface area contributed by atoms with E-state index in [9.17, 15) is 0 Å². The van der Waals surface area contributed by atoms with Crippen LogP contribution in [0.5, 0.6) is 0 Å². The van der Waals surface area contributed by atoms with Crippen LogP contribution in [0.1, 0.15) is 11.3 Å². The lowest BCUT2D eigenvalue weighted by Crippen LogP contribution is -1.92. The van der Waals surface area contributed by atoms with E-state index in [1.54, 1.807) is 24.0 Å². The fourth-order valence-corrected chi connectivity index (χ4v) is 2.07. The van der Waals surface area contributed by atoms with Crippen molar-refractivity contribution in [1.29, 1.82) is 0 Å². The van der Waals surface area contributed by atoms with Gasteiger partial charge >= 0.3 is 0 Å². The van der Waals surface area contributed by atoms with Gasteiger partial charge in [0.2, 0.25) is 0 Å². The third-order valence-electron chi connectivity index (χ3n) is 2.06. The maximum Gasteiger partial charge on any atom is 0.188 e. The molecule has 2 rings (SSSR count). The maximum absolute atomic E-state index is 8.42. The molecule has 17 heavy (non-hydrogen) atoms. The van der Waals surface area contributed by atoms with Crippen molar-refractivity contribution in [2.75, 3.05) is 0 Å². The Morgan fingerprint density at radius 2 is 2.06 bits per heavy atom. The Balaban J connectivity index is 2.02. The van der Waals surface area contributed by atoms with E-state index >= 15 is 0 Å². The van der Waals surface area contributed by atoms with Gasteiger partial charge in [-0.05, 0) is 11.6 Å². The van der Waals surface area contributed by atoms with Crippen molar-refractivity contribution in [2.24, 2.45) is 5.16 Å². The normalized spacial score (nSPS) is 10.8. The van der Waals surface area contributed by atoms with Gasteiger partial charge in [-0.15, -0.1) is 0 Å². The molecule has 2 aromatic rings. The molecule has 0 aliphatic heterocycles. The van der Waals surface area contributed by atoms with E-state index in [1.165, 1.54) is 11.8 Å². The van der Waals surface area contributed by atoms with E-state index in [2.05, 4.69) is 27.3 Å². The van der Waals surface area contributed by atoms with Crippen molar-refractivity contribution in [1.82, 2.24) is 9.97 Å². The van der Waals surface area contributed by atoms with Crippen molar-refractivity contribution >= 4 is 18.0 Å². The first-order chi connectivity index (χ1) is 8.38. The molecule has 0 fully saturated rings. The van der Waals surface area contributed by atoms with Crippen molar-refractivity contribution in [2.45, 2.75) is 10.9 Å². The highest BCUT2D eigenvalue weighted by atomic mass is 32.2. The number of hydrogen-bond donors (Lipinski definition) is 1. The van der Waals surface area contributed by atoms with Gasteiger partial charge in [-0.25, -0.2) is 9.97 Å². The van der Waals surface area contributed by atoms with Crippen LogP contribution >= 0.6 is 11.8 Å². The number of nitrogens with zero attached hydrogens (tertiary/aromatic N) is 3. The third kappa shape index (κ3) is 3.57. The van der Waals surface area contributed by atoms with Gasteiger partial charge in [-0.2, -0.15) is 0 Å². The monoisotopic (exact) mass is 245 g/mol. The summed E-state index contributed by atoms with van der Waals surface area (Å²) in [6.07, 6.45) is 2.94. The molecule has 0 radical (unpaired) electrons. The number of oxime groups is 1. The van der Waals surface area contributed by atoms with Gasteiger partial charge in [-0.3, -0.25) is 0 Å². The zero-order valence-electron chi connectivity index (χ0n) is 9.02. The molecule has 1 aromatic carbocycles. The van der Waals surface area contributed by atoms with Gasteiger partial charge in [0.25, 0.3) is 0 Å². The Labute approximate surface area is 103 Å². The lowest BCUT2D eigenvalue weighted by molar-refractivity contribution is 0.321. The van der Waals surface area contributed by atoms with Crippen LogP contribution in [-0.4, -0.2) is 21.4 Å². The van der Waals surface area contributed by atoms with Gasteiger partial charge in [0.15, 0.2) is 5.16 Å². The molecule has 86 valence electrons. The highest BCUT2D eigenvalue weighted by molar-refractivity contribution is 7.98. The second-order valence-electron chi connectivity index (χ2n) is 3.28. The summed E-state index contributed by atoms with van der Waals surface area (Å²) < 4.78 is 0. The molecule has 1 heterocycles. The van der Waals surface area contributed by atoms with Gasteiger partial charge in [0.05, 0.1) is 11.9 Å². The standard InChI is InChI=1S/C12H11N3OS/c16-14-8-11-6-7-13-12(15-11)17-9-10-4-2-1-3-5-10/h1-8,16H,9H2/b14-8+. The topological polar surface area (TPSA) is 58.4 Å². The van der Waals surface area contributed by atoms with Crippen LogP contribution < -0.4 is 0 Å². The van der Waals surface area contributed by atoms with Crippen LogP contribution in [-0.2, 0) is 5.75 Å². The number of aromatic nitrogens is 2. The summed E-state index contributed by atoms with van der Waals surface area (Å²) in [7, 11) is 0. The Bertz CT molecular complexity index is 502. The maximum atomic E-state index is 8.42. The molecular weight excluding hydrogens is 234 g/mol. The zero-order valence-corrected chi connectivity index (χ0v) is 9.84. The molecule has 1 aromatic heterocycles. The lowest BCUT2D eigenvalue weighted by atomic mass is 10.2. The highest BCUT2D eigenvalue weighted by Gasteiger charge is 1.99. The van der Waals surface area contributed by atoms with E-state index in [0.29, 0.717) is 10.9 Å². The molecule has 0 bridgehead atoms. The van der Waals surface area contributed by atoms with Crippen molar-refractivity contribution in [3.63, 3.8) is 0 Å². The Hall–Kier alpha value is -1.88. The van der Waals surface area contributed by atoms with Crippen LogP contribution in [0.3, 0.4) is 0 Å². The summed E-state index contributed by atoms with van der Waals surface area (Å²) in [6.45, 7) is 0. The van der Waals surface area contributed by atoms with Crippen molar-refractivity contribution < 1.29 is 5.21 Å². The number of thioether (sulfide) groups is 1. The van der Waals surface area contributed by atoms with Crippen molar-refractivity contribution in [3.05, 3.63) is 53.9 Å². The van der Waals surface area contributed by atoms with E-state index in [4.69, 9.17) is 5.21 Å². The van der Waals surface area contributed by atoms with Gasteiger partial charge in [-0.1, -0.05) is 47.2 Å². The summed E-state index contributed by atoms with van der Waals surface area (Å²) in [5, 5.41) is 12.0. The Morgan fingerprint density at radius 3 is 2.82 bits per heavy atom. The summed E-state index contributed by atoms with van der Waals surface area (Å²) in [6, 6.07) is 11.8. The molecule has 0 amide bonds. The highest BCUT2D eigenvalue weighted by Crippen LogP contribution is 2.18. The van der Waals surface area contributed by atoms with Gasteiger partial charge < -0.3 is 5.21 Å². The predicted molar refractivity (Wildman–Crippen MR) is 67.4 cm³/mol. The average Bonchev–Trinajstić information content (AvgIpc) is 2.39. The summed E-state index contributed by atoms with van der Waals surface area (Å²) in [5.41, 5.74) is 1.82. The van der Waals surface area contributed by atoms with Crippen LogP contribution in [0, 0.1) is 0 Å². The molecule has 0 aliphatic carbocycles. The Morgan fingerprint density at radius 1 is 1.24 bits per heavy atom. The molecular formula is C12H11N3OS. The van der Waals surface area contributed by atoms with Crippen LogP contribution in [0.15, 0.2) is 52.9 Å². The second-order valence-corrected chi connectivity index (χ2v) is 4.23. The van der Waals surface area contributed by atoms with E-state index in [-0.39, 0.29) is 0 Å². The summed E-state index contributed by atoms with van der Waals surface area (Å²) >= 11 is 1.55. The van der Waals surface area contributed by atoms with Crippen LogP contribution in [0.2, 0.25) is 0 Å². The molecule has 5 heteroatoms. The summed E-state index contributed by atoms with van der Waals surface area (Å²) in [4.78, 5) is 8.37. The molecule has 0 unspecified atom stereocenters. The zero-order chi connectivity index (χ0) is 11.9. The SMILES string of the molecule is O/N=C/c1ccnc(SCc2ccccc2)n1. The fraction of sp³-hybridized carbons (Fsp3) is 0.0833. The van der Waals surface area contributed by atoms with Gasteiger partial charge in [0.1, 0.15) is 0 Å². The van der Waals surface area contributed by atoms with E-state index in [1.807, 2.05) is 18.2 Å². The van der Waals surface area contributed by atoms with Crippen molar-refractivity contribution in [3.8, 4) is 0 Å². The minimum absolute atomic E-state index is 0.595. The average molecular weight is 245 g/mol. The molecule has 0 aliphatic rings. The molecule has 0 saturated heterocycles. The quantitative estimate of drug-likeness (QED) is 0.296. The largest absolute Gasteiger partial charge is 0.411 e. The molecule has 0 saturated carbocycles. The minimum atomic E-state index is 0.595. The summed E-state index contributed by atoms with van der Waals surface area (Å²) in [5.74, 6) is 0.820. The van der Waals surface area contributed by atoms with E-state index in [0.717, 1.165) is 5.75 Å². The number of hydrogen-bond acceptors (Lipinski definition) is 5. The van der Waals surface area contributed by atoms with Crippen LogP contribution in [0.25, 0.3) is 0 Å². The molecule has 0 atom stereocenters. The first-order valence-electron chi connectivity index (χ1n) is 5.05.